The molecule has 0 fully saturated rings. The molecule has 25 heavy (non-hydrogen) atoms. The third-order valence-corrected chi connectivity index (χ3v) is 4.70. The lowest BCUT2D eigenvalue weighted by molar-refractivity contribution is 0.174. The molecule has 0 saturated heterocycles. The molecule has 0 amide bonds. The maximum absolute atomic E-state index is 9.93. The summed E-state index contributed by atoms with van der Waals surface area (Å²) in [7, 11) is 0. The van der Waals surface area contributed by atoms with E-state index in [-0.39, 0.29) is 0 Å². The first-order valence-corrected chi connectivity index (χ1v) is 8.79. The third kappa shape index (κ3) is 3.13. The van der Waals surface area contributed by atoms with Crippen molar-refractivity contribution in [2.24, 2.45) is 0 Å². The van der Waals surface area contributed by atoms with E-state index in [1.54, 1.807) is 6.92 Å². The van der Waals surface area contributed by atoms with E-state index in [0.29, 0.717) is 18.0 Å². The molecular weight excluding hydrogens is 332 g/mol. The van der Waals surface area contributed by atoms with Gasteiger partial charge in [0, 0.05) is 11.4 Å². The quantitative estimate of drug-likeness (QED) is 0.573. The van der Waals surface area contributed by atoms with Gasteiger partial charge >= 0.3 is 0 Å². The highest BCUT2D eigenvalue weighted by molar-refractivity contribution is 6.31. The zero-order valence-corrected chi connectivity index (χ0v) is 14.7. The molecule has 0 aliphatic carbocycles. The number of imidazole rings is 1. The van der Waals surface area contributed by atoms with Gasteiger partial charge in [0.2, 0.25) is 0 Å². The van der Waals surface area contributed by atoms with Crippen molar-refractivity contribution in [3.05, 3.63) is 77.1 Å². The summed E-state index contributed by atoms with van der Waals surface area (Å²) in [6.07, 6.45) is 0.253. The highest BCUT2D eigenvalue weighted by atomic mass is 35.5. The van der Waals surface area contributed by atoms with E-state index < -0.39 is 6.10 Å². The van der Waals surface area contributed by atoms with Crippen LogP contribution in [0.1, 0.15) is 18.3 Å². The topological polar surface area (TPSA) is 38.0 Å². The average Bonchev–Trinajstić information content (AvgIpc) is 2.92. The van der Waals surface area contributed by atoms with Gasteiger partial charge in [-0.1, -0.05) is 54.1 Å². The van der Waals surface area contributed by atoms with Crippen molar-refractivity contribution < 1.29 is 5.11 Å². The molecule has 1 heterocycles. The van der Waals surface area contributed by atoms with Crippen molar-refractivity contribution in [3.8, 4) is 0 Å². The van der Waals surface area contributed by atoms with Crippen LogP contribution < -0.4 is 0 Å². The molecule has 3 nitrogen and oxygen atoms in total. The van der Waals surface area contributed by atoms with Crippen molar-refractivity contribution >= 4 is 33.4 Å². The van der Waals surface area contributed by atoms with Crippen LogP contribution in [0.4, 0.5) is 0 Å². The van der Waals surface area contributed by atoms with Gasteiger partial charge < -0.3 is 9.67 Å². The number of aromatic nitrogens is 2. The highest BCUT2D eigenvalue weighted by Gasteiger charge is 2.14. The Kier molecular flexibility index (Phi) is 4.20. The molecule has 0 spiro atoms. The third-order valence-electron chi connectivity index (χ3n) is 4.46. The van der Waals surface area contributed by atoms with Crippen molar-refractivity contribution in [1.29, 1.82) is 0 Å². The summed E-state index contributed by atoms with van der Waals surface area (Å²) in [5, 5.41) is 13.1. The Morgan fingerprint density at radius 1 is 1.08 bits per heavy atom. The Hall–Kier alpha value is -2.36. The van der Waals surface area contributed by atoms with E-state index in [9.17, 15) is 5.11 Å². The van der Waals surface area contributed by atoms with Crippen LogP contribution in [0.25, 0.3) is 21.8 Å². The van der Waals surface area contributed by atoms with Gasteiger partial charge in [-0.25, -0.2) is 4.98 Å². The predicted octanol–water partition coefficient (Wildman–Crippen LogP) is 4.81. The molecule has 0 aliphatic rings. The molecule has 0 saturated carbocycles. The fourth-order valence-electron chi connectivity index (χ4n) is 3.37. The SMILES string of the molecule is CC(O)Cn1c(Cc2cccc3ccccc23)nc2ccc(Cl)cc21. The van der Waals surface area contributed by atoms with Crippen molar-refractivity contribution in [2.45, 2.75) is 26.0 Å². The fraction of sp³-hybridized carbons (Fsp3) is 0.190. The summed E-state index contributed by atoms with van der Waals surface area (Å²) < 4.78 is 2.08. The molecular formula is C21H19ClN2O. The van der Waals surface area contributed by atoms with E-state index in [0.717, 1.165) is 16.9 Å². The van der Waals surface area contributed by atoms with Gasteiger partial charge in [-0.15, -0.1) is 0 Å². The van der Waals surface area contributed by atoms with Gasteiger partial charge in [0.05, 0.1) is 23.7 Å². The normalized spacial score (nSPS) is 12.8. The molecule has 4 heteroatoms. The lowest BCUT2D eigenvalue weighted by Crippen LogP contribution is -2.14. The lowest BCUT2D eigenvalue weighted by atomic mass is 10.0. The van der Waals surface area contributed by atoms with Gasteiger partial charge in [0.25, 0.3) is 0 Å². The Labute approximate surface area is 151 Å². The Morgan fingerprint density at radius 2 is 1.88 bits per heavy atom. The molecule has 4 rings (SSSR count). The van der Waals surface area contributed by atoms with Crippen LogP contribution >= 0.6 is 11.6 Å². The maximum Gasteiger partial charge on any atom is 0.114 e. The standard InChI is InChI=1S/C21H19ClN2O/c1-14(25)13-24-20-12-17(22)9-10-19(20)23-21(24)11-16-7-4-6-15-5-2-3-8-18(15)16/h2-10,12,14,25H,11,13H2,1H3. The van der Waals surface area contributed by atoms with E-state index in [4.69, 9.17) is 16.6 Å². The molecule has 0 bridgehead atoms. The summed E-state index contributed by atoms with van der Waals surface area (Å²) in [4.78, 5) is 4.80. The second-order valence-electron chi connectivity index (χ2n) is 6.44. The molecule has 3 aromatic carbocycles. The van der Waals surface area contributed by atoms with Crippen molar-refractivity contribution in [3.63, 3.8) is 0 Å². The summed E-state index contributed by atoms with van der Waals surface area (Å²) in [5.74, 6) is 0.939. The minimum atomic E-state index is -0.456. The molecule has 4 aromatic rings. The Bertz CT molecular complexity index is 1050. The minimum Gasteiger partial charge on any atom is -0.392 e. The molecule has 0 radical (unpaired) electrons. The zero-order chi connectivity index (χ0) is 17.4. The summed E-state index contributed by atoms with van der Waals surface area (Å²) >= 11 is 6.17. The number of halogens is 1. The van der Waals surface area contributed by atoms with Crippen LogP contribution in [0.5, 0.6) is 0 Å². The second kappa shape index (κ2) is 6.51. The van der Waals surface area contributed by atoms with Crippen LogP contribution in [0.2, 0.25) is 5.02 Å². The number of benzene rings is 3. The Balaban J connectivity index is 1.85. The second-order valence-corrected chi connectivity index (χ2v) is 6.87. The van der Waals surface area contributed by atoms with Crippen LogP contribution in [0.15, 0.2) is 60.7 Å². The summed E-state index contributed by atoms with van der Waals surface area (Å²) in [5.41, 5.74) is 3.09. The first kappa shape index (κ1) is 16.1. The van der Waals surface area contributed by atoms with E-state index in [1.807, 2.05) is 18.2 Å². The van der Waals surface area contributed by atoms with E-state index in [2.05, 4.69) is 47.0 Å². The lowest BCUT2D eigenvalue weighted by Gasteiger charge is -2.12. The average molecular weight is 351 g/mol. The maximum atomic E-state index is 9.93. The molecule has 126 valence electrons. The van der Waals surface area contributed by atoms with Gasteiger partial charge in [0.15, 0.2) is 0 Å². The van der Waals surface area contributed by atoms with Crippen molar-refractivity contribution in [2.75, 3.05) is 0 Å². The molecule has 1 atom stereocenters. The monoisotopic (exact) mass is 350 g/mol. The number of hydrogen-bond acceptors (Lipinski definition) is 2. The van der Waals surface area contributed by atoms with E-state index in [1.165, 1.54) is 16.3 Å². The predicted molar refractivity (Wildman–Crippen MR) is 103 cm³/mol. The zero-order valence-electron chi connectivity index (χ0n) is 14.0. The van der Waals surface area contributed by atoms with Gasteiger partial charge in [0.1, 0.15) is 5.82 Å². The summed E-state index contributed by atoms with van der Waals surface area (Å²) in [6, 6.07) is 20.4. The number of fused-ring (bicyclic) bond motifs is 2. The minimum absolute atomic E-state index is 0.456. The van der Waals surface area contributed by atoms with Gasteiger partial charge in [-0.2, -0.15) is 0 Å². The number of rotatable bonds is 4. The smallest absolute Gasteiger partial charge is 0.114 e. The summed E-state index contributed by atoms with van der Waals surface area (Å²) in [6.45, 7) is 2.29. The van der Waals surface area contributed by atoms with Crippen LogP contribution in [-0.4, -0.2) is 20.8 Å². The Morgan fingerprint density at radius 3 is 2.72 bits per heavy atom. The molecule has 1 aromatic heterocycles. The van der Waals surface area contributed by atoms with Crippen LogP contribution in [-0.2, 0) is 13.0 Å². The molecule has 1 N–H and O–H groups in total. The van der Waals surface area contributed by atoms with Crippen LogP contribution in [0, 0.1) is 0 Å². The fourth-order valence-corrected chi connectivity index (χ4v) is 3.53. The molecule has 0 aliphatic heterocycles. The number of hydrogen-bond donors (Lipinski definition) is 1. The number of aliphatic hydroxyl groups is 1. The first-order valence-electron chi connectivity index (χ1n) is 8.41. The number of nitrogens with zero attached hydrogens (tertiary/aromatic N) is 2. The van der Waals surface area contributed by atoms with Crippen LogP contribution in [0.3, 0.4) is 0 Å². The van der Waals surface area contributed by atoms with Gasteiger partial charge in [-0.05, 0) is 41.5 Å². The number of aliphatic hydroxyl groups excluding tert-OH is 1. The van der Waals surface area contributed by atoms with Gasteiger partial charge in [-0.3, -0.25) is 0 Å². The van der Waals surface area contributed by atoms with Crippen molar-refractivity contribution in [1.82, 2.24) is 9.55 Å². The molecule has 1 unspecified atom stereocenters. The first-order chi connectivity index (χ1) is 12.1. The largest absolute Gasteiger partial charge is 0.392 e. The van der Waals surface area contributed by atoms with E-state index >= 15 is 0 Å². The highest BCUT2D eigenvalue weighted by Crippen LogP contribution is 2.25.